The van der Waals surface area contributed by atoms with Gasteiger partial charge in [-0.3, -0.25) is 4.79 Å². The summed E-state index contributed by atoms with van der Waals surface area (Å²) in [6.07, 6.45) is 5.06. The molecule has 3 aromatic rings. The van der Waals surface area contributed by atoms with E-state index in [0.29, 0.717) is 12.1 Å². The number of allylic oxidation sites excluding steroid dienone is 2. The minimum atomic E-state index is -0.337. The van der Waals surface area contributed by atoms with E-state index in [9.17, 15) is 9.90 Å². The Labute approximate surface area is 252 Å². The quantitative estimate of drug-likeness (QED) is 0.137. The molecule has 4 heteroatoms. The average Bonchev–Trinajstić information content (AvgIpc) is 2.90. The van der Waals surface area contributed by atoms with Crippen LogP contribution in [0.1, 0.15) is 105 Å². The first-order valence-corrected chi connectivity index (χ1v) is 14.1. The third-order valence-corrected chi connectivity index (χ3v) is 8.40. The Balaban J connectivity index is 0.000000406. The molecule has 0 aliphatic heterocycles. The third-order valence-electron chi connectivity index (χ3n) is 8.40. The molecule has 39 heavy (non-hydrogen) atoms. The Morgan fingerprint density at radius 2 is 1.59 bits per heavy atom. The van der Waals surface area contributed by atoms with Gasteiger partial charge in [-0.15, -0.1) is 34.9 Å². The zero-order valence-electron chi connectivity index (χ0n) is 26.6. The van der Waals surface area contributed by atoms with Crippen molar-refractivity contribution >= 4 is 16.6 Å². The van der Waals surface area contributed by atoms with Gasteiger partial charge in [0.2, 0.25) is 0 Å². The number of aliphatic hydroxyl groups is 1. The number of ketones is 1. The summed E-state index contributed by atoms with van der Waals surface area (Å²) in [6.45, 7) is 20.6. The van der Waals surface area contributed by atoms with Gasteiger partial charge >= 0.3 is 0 Å². The molecule has 0 saturated carbocycles. The fourth-order valence-corrected chi connectivity index (χ4v) is 4.41. The molecule has 215 valence electrons. The van der Waals surface area contributed by atoms with Crippen molar-refractivity contribution in [3.05, 3.63) is 77.2 Å². The van der Waals surface area contributed by atoms with Gasteiger partial charge in [0, 0.05) is 43.2 Å². The minimum absolute atomic E-state index is 0. The molecule has 3 rings (SSSR count). The van der Waals surface area contributed by atoms with Crippen LogP contribution in [-0.2, 0) is 24.9 Å². The molecule has 2 aromatic carbocycles. The van der Waals surface area contributed by atoms with Gasteiger partial charge < -0.3 is 10.1 Å². The number of rotatable bonds is 9. The molecule has 0 spiro atoms. The van der Waals surface area contributed by atoms with Crippen molar-refractivity contribution in [1.82, 2.24) is 4.98 Å². The summed E-state index contributed by atoms with van der Waals surface area (Å²) in [5.41, 5.74) is 4.79. The van der Waals surface area contributed by atoms with Crippen molar-refractivity contribution in [3.8, 4) is 11.3 Å². The Kier molecular flexibility index (Phi) is 12.6. The van der Waals surface area contributed by atoms with Gasteiger partial charge in [-0.2, -0.15) is 0 Å². The van der Waals surface area contributed by atoms with Crippen molar-refractivity contribution in [2.75, 3.05) is 0 Å². The van der Waals surface area contributed by atoms with Gasteiger partial charge in [-0.1, -0.05) is 87.4 Å². The van der Waals surface area contributed by atoms with E-state index in [1.54, 1.807) is 0 Å². The summed E-state index contributed by atoms with van der Waals surface area (Å²) >= 11 is 0. The minimum Gasteiger partial charge on any atom is -0.512 e. The van der Waals surface area contributed by atoms with Crippen LogP contribution in [0.25, 0.3) is 22.0 Å². The number of aryl methyl sites for hydroxylation is 2. The number of aromatic nitrogens is 1. The van der Waals surface area contributed by atoms with E-state index >= 15 is 0 Å². The van der Waals surface area contributed by atoms with Crippen molar-refractivity contribution < 1.29 is 31.4 Å². The average molecular weight is 708 g/mol. The summed E-state index contributed by atoms with van der Waals surface area (Å²) in [5.74, 6) is 0.761. The fourth-order valence-electron chi connectivity index (χ4n) is 4.41. The van der Waals surface area contributed by atoms with E-state index in [1.807, 2.05) is 54.5 Å². The number of hydrogen-bond acceptors (Lipinski definition) is 3. The summed E-state index contributed by atoms with van der Waals surface area (Å²) in [4.78, 5) is 16.6. The molecule has 0 saturated heterocycles. The van der Waals surface area contributed by atoms with Gasteiger partial charge in [0.1, 0.15) is 5.76 Å². The number of aliphatic hydroxyl groups excluding tert-OH is 1. The van der Waals surface area contributed by atoms with Crippen LogP contribution >= 0.6 is 0 Å². The number of carbonyl (C=O) groups excluding carboxylic acids is 1. The van der Waals surface area contributed by atoms with E-state index in [4.69, 9.17) is 1.37 Å². The van der Waals surface area contributed by atoms with Crippen molar-refractivity contribution in [3.63, 3.8) is 0 Å². The van der Waals surface area contributed by atoms with Crippen molar-refractivity contribution in [1.29, 1.82) is 0 Å². The van der Waals surface area contributed by atoms with Crippen LogP contribution in [0.15, 0.2) is 54.4 Å². The van der Waals surface area contributed by atoms with Gasteiger partial charge in [-0.25, -0.2) is 0 Å². The van der Waals surface area contributed by atoms with Gasteiger partial charge in [0.05, 0.1) is 1.37 Å². The summed E-state index contributed by atoms with van der Waals surface area (Å²) in [6, 6.07) is 15.9. The molecule has 0 amide bonds. The summed E-state index contributed by atoms with van der Waals surface area (Å²) in [5, 5.41) is 12.3. The molecule has 0 aliphatic carbocycles. The SMILES string of the molecule is CCC(C)(CC)C(=O)/C=C(\O)C(C)(CC)CC.[2H]c1cc2cc(C(C)C)ccc2c(-c2[c-]c(C)cc(C)c2)n1.[Ir]. The molecule has 0 fully saturated rings. The summed E-state index contributed by atoms with van der Waals surface area (Å²) < 4.78 is 8.03. The number of fused-ring (bicyclic) bond motifs is 1. The van der Waals surface area contributed by atoms with Crippen LogP contribution in [0.2, 0.25) is 0 Å². The number of nitrogens with zero attached hydrogens (tertiary/aromatic N) is 1. The van der Waals surface area contributed by atoms with Crippen LogP contribution in [0.4, 0.5) is 0 Å². The Morgan fingerprint density at radius 1 is 1.00 bits per heavy atom. The van der Waals surface area contributed by atoms with Gasteiger partial charge in [0.15, 0.2) is 5.78 Å². The zero-order chi connectivity index (χ0) is 29.5. The first-order valence-electron chi connectivity index (χ1n) is 14.6. The van der Waals surface area contributed by atoms with Crippen LogP contribution < -0.4 is 0 Å². The first-order chi connectivity index (χ1) is 18.2. The smallest absolute Gasteiger partial charge is 0.164 e. The van der Waals surface area contributed by atoms with E-state index in [1.165, 1.54) is 17.2 Å². The number of hydrogen-bond donors (Lipinski definition) is 1. The maximum Gasteiger partial charge on any atom is 0.164 e. The standard InChI is InChI=1S/C20H20N.C15H28O2.Ir/c1-13(2)16-5-6-19-17(12-16)7-8-21-20(19)18-10-14(3)9-15(4)11-18;1-7-14(5,8-2)12(16)11-13(17)15(6,9-3)10-4;/h5-10,12-13H,1-4H3;11,16H,7-10H2,1-6H3;/q-1;;/b;12-11-;/i8D;;. The second kappa shape index (κ2) is 14.9. The molecule has 0 unspecified atom stereocenters. The predicted octanol–water partition coefficient (Wildman–Crippen LogP) is 10.1. The maximum absolute atomic E-state index is 12.2. The third kappa shape index (κ3) is 8.60. The molecule has 1 aromatic heterocycles. The summed E-state index contributed by atoms with van der Waals surface area (Å²) in [7, 11) is 0. The maximum atomic E-state index is 12.2. The van der Waals surface area contributed by atoms with E-state index in [0.717, 1.165) is 53.3 Å². The van der Waals surface area contributed by atoms with Crippen LogP contribution in [0, 0.1) is 30.7 Å². The largest absolute Gasteiger partial charge is 0.512 e. The molecule has 0 atom stereocenters. The fraction of sp³-hybridized carbons (Fsp3) is 0.486. The molecule has 1 heterocycles. The molecule has 1 N–H and O–H groups in total. The van der Waals surface area contributed by atoms with E-state index < -0.39 is 0 Å². The second-order valence-electron chi connectivity index (χ2n) is 11.4. The second-order valence-corrected chi connectivity index (χ2v) is 11.4. The van der Waals surface area contributed by atoms with Crippen molar-refractivity contribution in [2.24, 2.45) is 10.8 Å². The zero-order valence-corrected chi connectivity index (χ0v) is 28.0. The number of pyridine rings is 1. The topological polar surface area (TPSA) is 50.2 Å². The molecule has 0 aliphatic rings. The number of benzene rings is 2. The molecular weight excluding hydrogens is 659 g/mol. The predicted molar refractivity (Wildman–Crippen MR) is 163 cm³/mol. The van der Waals surface area contributed by atoms with Crippen LogP contribution in [0.3, 0.4) is 0 Å². The Hall–Kier alpha value is -2.29. The molecule has 0 bridgehead atoms. The van der Waals surface area contributed by atoms with Gasteiger partial charge in [-0.05, 0) is 59.7 Å². The molecule has 1 radical (unpaired) electrons. The van der Waals surface area contributed by atoms with Gasteiger partial charge in [0.25, 0.3) is 0 Å². The van der Waals surface area contributed by atoms with Crippen LogP contribution in [0.5, 0.6) is 0 Å². The van der Waals surface area contributed by atoms with Crippen molar-refractivity contribution in [2.45, 2.75) is 101 Å². The normalized spacial score (nSPS) is 12.5. The van der Waals surface area contributed by atoms with Crippen LogP contribution in [-0.4, -0.2) is 15.9 Å². The Morgan fingerprint density at radius 3 is 2.10 bits per heavy atom. The monoisotopic (exact) mass is 708 g/mol. The van der Waals surface area contributed by atoms with E-state index in [2.05, 4.69) is 62.2 Å². The molecular formula is C35H48IrNO2-. The first kappa shape index (κ1) is 32.9. The number of carbonyl (C=O) groups is 1. The van der Waals surface area contributed by atoms with E-state index in [-0.39, 0.29) is 42.5 Å². The Bertz CT molecular complexity index is 1300. The molecule has 3 nitrogen and oxygen atoms in total.